The van der Waals surface area contributed by atoms with E-state index in [1.807, 2.05) is 6.92 Å². The number of H-pyrrole nitrogens is 1. The Balaban J connectivity index is 2.03. The van der Waals surface area contributed by atoms with Gasteiger partial charge in [0.05, 0.1) is 11.3 Å². The largest absolute Gasteiger partial charge is 0.367 e. The second-order valence-electron chi connectivity index (χ2n) is 5.43. The molecule has 1 aromatic heterocycles. The maximum atomic E-state index is 12.1. The molecule has 0 aromatic carbocycles. The molecule has 5 nitrogen and oxygen atoms in total. The summed E-state index contributed by atoms with van der Waals surface area (Å²) in [6.45, 7) is 3.97. The van der Waals surface area contributed by atoms with Crippen LogP contribution in [0.5, 0.6) is 0 Å². The van der Waals surface area contributed by atoms with Crippen LogP contribution >= 0.6 is 0 Å². The van der Waals surface area contributed by atoms with Crippen LogP contribution in [0.15, 0.2) is 4.79 Å². The SMILES string of the molecule is CCOC1(c2nc3c(c(=O)[nH]2)CNC3)CCCCC1. The quantitative estimate of drug-likeness (QED) is 0.868. The van der Waals surface area contributed by atoms with Gasteiger partial charge in [0.2, 0.25) is 0 Å². The van der Waals surface area contributed by atoms with Crippen molar-refractivity contribution in [3.05, 3.63) is 27.4 Å². The molecule has 0 amide bonds. The van der Waals surface area contributed by atoms with Gasteiger partial charge in [-0.05, 0) is 19.8 Å². The van der Waals surface area contributed by atoms with Crippen molar-refractivity contribution >= 4 is 0 Å². The van der Waals surface area contributed by atoms with Gasteiger partial charge in [-0.1, -0.05) is 19.3 Å². The van der Waals surface area contributed by atoms with Gasteiger partial charge in [-0.3, -0.25) is 4.79 Å². The van der Waals surface area contributed by atoms with E-state index in [1.165, 1.54) is 6.42 Å². The Morgan fingerprint density at radius 3 is 2.79 bits per heavy atom. The Hall–Kier alpha value is -1.20. The number of aromatic amines is 1. The van der Waals surface area contributed by atoms with Gasteiger partial charge in [-0.25, -0.2) is 4.98 Å². The van der Waals surface area contributed by atoms with Crippen molar-refractivity contribution in [2.75, 3.05) is 6.61 Å². The van der Waals surface area contributed by atoms with Crippen molar-refractivity contribution in [3.63, 3.8) is 0 Å². The van der Waals surface area contributed by atoms with Crippen molar-refractivity contribution in [1.29, 1.82) is 0 Å². The highest BCUT2D eigenvalue weighted by Gasteiger charge is 2.38. The van der Waals surface area contributed by atoms with Crippen LogP contribution in [0.1, 0.15) is 56.1 Å². The molecule has 1 fully saturated rings. The molecule has 0 atom stereocenters. The van der Waals surface area contributed by atoms with Crippen molar-refractivity contribution < 1.29 is 4.74 Å². The average Bonchev–Trinajstić information content (AvgIpc) is 2.89. The van der Waals surface area contributed by atoms with Gasteiger partial charge >= 0.3 is 0 Å². The monoisotopic (exact) mass is 263 g/mol. The first-order valence-electron chi connectivity index (χ1n) is 7.22. The Morgan fingerprint density at radius 2 is 2.05 bits per heavy atom. The van der Waals surface area contributed by atoms with Gasteiger partial charge in [-0.2, -0.15) is 0 Å². The zero-order valence-corrected chi connectivity index (χ0v) is 11.4. The van der Waals surface area contributed by atoms with Crippen molar-refractivity contribution in [1.82, 2.24) is 15.3 Å². The van der Waals surface area contributed by atoms with E-state index < -0.39 is 0 Å². The summed E-state index contributed by atoms with van der Waals surface area (Å²) in [5, 5.41) is 3.18. The fourth-order valence-electron chi connectivity index (χ4n) is 3.24. The summed E-state index contributed by atoms with van der Waals surface area (Å²) in [6.07, 6.45) is 5.43. The van der Waals surface area contributed by atoms with Crippen molar-refractivity contribution in [2.24, 2.45) is 0 Å². The van der Waals surface area contributed by atoms with Crippen LogP contribution in [0.2, 0.25) is 0 Å². The third kappa shape index (κ3) is 2.21. The second kappa shape index (κ2) is 5.06. The average molecular weight is 263 g/mol. The summed E-state index contributed by atoms with van der Waals surface area (Å²) >= 11 is 0. The smallest absolute Gasteiger partial charge is 0.255 e. The van der Waals surface area contributed by atoms with Crippen LogP contribution in [-0.2, 0) is 23.4 Å². The maximum Gasteiger partial charge on any atom is 0.255 e. The van der Waals surface area contributed by atoms with E-state index in [-0.39, 0.29) is 11.2 Å². The molecule has 2 aliphatic rings. The summed E-state index contributed by atoms with van der Waals surface area (Å²) in [6, 6.07) is 0. The first-order valence-corrected chi connectivity index (χ1v) is 7.22. The Morgan fingerprint density at radius 1 is 1.26 bits per heavy atom. The lowest BCUT2D eigenvalue weighted by atomic mass is 9.83. The summed E-state index contributed by atoms with van der Waals surface area (Å²) in [4.78, 5) is 19.8. The molecule has 2 heterocycles. The highest BCUT2D eigenvalue weighted by atomic mass is 16.5. The summed E-state index contributed by atoms with van der Waals surface area (Å²) in [7, 11) is 0. The van der Waals surface area contributed by atoms with Crippen LogP contribution in [0.25, 0.3) is 0 Å². The second-order valence-corrected chi connectivity index (χ2v) is 5.43. The number of nitrogens with zero attached hydrogens (tertiary/aromatic N) is 1. The van der Waals surface area contributed by atoms with Crippen LogP contribution < -0.4 is 10.9 Å². The van der Waals surface area contributed by atoms with Gasteiger partial charge in [0.15, 0.2) is 0 Å². The predicted octanol–water partition coefficient (Wildman–Crippen LogP) is 1.57. The topological polar surface area (TPSA) is 67.0 Å². The van der Waals surface area contributed by atoms with Crippen LogP contribution in [0.4, 0.5) is 0 Å². The zero-order valence-electron chi connectivity index (χ0n) is 11.4. The molecule has 0 bridgehead atoms. The molecule has 0 spiro atoms. The lowest BCUT2D eigenvalue weighted by Crippen LogP contribution is -2.37. The van der Waals surface area contributed by atoms with Crippen molar-refractivity contribution in [2.45, 2.75) is 57.7 Å². The van der Waals surface area contributed by atoms with Crippen molar-refractivity contribution in [3.8, 4) is 0 Å². The van der Waals surface area contributed by atoms with E-state index in [0.717, 1.165) is 42.8 Å². The molecule has 0 saturated heterocycles. The molecule has 1 saturated carbocycles. The molecule has 19 heavy (non-hydrogen) atoms. The highest BCUT2D eigenvalue weighted by Crippen LogP contribution is 2.38. The summed E-state index contributed by atoms with van der Waals surface area (Å²) in [5.74, 6) is 0.738. The molecule has 1 aliphatic carbocycles. The van der Waals surface area contributed by atoms with E-state index in [4.69, 9.17) is 4.74 Å². The first kappa shape index (κ1) is 12.8. The van der Waals surface area contributed by atoms with E-state index in [2.05, 4.69) is 15.3 Å². The Kier molecular flexibility index (Phi) is 3.41. The molecule has 5 heteroatoms. The lowest BCUT2D eigenvalue weighted by Gasteiger charge is -2.36. The molecule has 104 valence electrons. The number of fused-ring (bicyclic) bond motifs is 1. The summed E-state index contributed by atoms with van der Waals surface area (Å²) in [5.41, 5.74) is 1.30. The standard InChI is InChI=1S/C14H21N3O2/c1-2-19-14(6-4-3-5-7-14)13-16-11-9-15-8-10(11)12(18)17-13/h15H,2-9H2,1H3,(H,16,17,18). The molecular formula is C14H21N3O2. The van der Waals surface area contributed by atoms with Crippen LogP contribution in [-0.4, -0.2) is 16.6 Å². The summed E-state index contributed by atoms with van der Waals surface area (Å²) < 4.78 is 6.02. The number of aromatic nitrogens is 2. The molecular weight excluding hydrogens is 242 g/mol. The van der Waals surface area contributed by atoms with Crippen LogP contribution in [0.3, 0.4) is 0 Å². The normalized spacial score (nSPS) is 21.3. The van der Waals surface area contributed by atoms with Gasteiger partial charge in [0.1, 0.15) is 11.4 Å². The fourth-order valence-corrected chi connectivity index (χ4v) is 3.24. The third-order valence-corrected chi connectivity index (χ3v) is 4.21. The molecule has 1 aromatic rings. The molecule has 0 radical (unpaired) electrons. The number of hydrogen-bond donors (Lipinski definition) is 2. The Labute approximate surface area is 112 Å². The van der Waals surface area contributed by atoms with E-state index >= 15 is 0 Å². The minimum atomic E-state index is -0.371. The minimum Gasteiger partial charge on any atom is -0.367 e. The first-order chi connectivity index (χ1) is 9.25. The third-order valence-electron chi connectivity index (χ3n) is 4.21. The number of nitrogens with one attached hydrogen (secondary N) is 2. The van der Waals surface area contributed by atoms with Crippen LogP contribution in [0, 0.1) is 0 Å². The van der Waals surface area contributed by atoms with Gasteiger partial charge in [0, 0.05) is 19.7 Å². The zero-order chi connectivity index (χ0) is 13.3. The maximum absolute atomic E-state index is 12.1. The Bertz CT molecular complexity index is 512. The van der Waals surface area contributed by atoms with E-state index in [1.54, 1.807) is 0 Å². The molecule has 1 aliphatic heterocycles. The van der Waals surface area contributed by atoms with Gasteiger partial charge in [-0.15, -0.1) is 0 Å². The molecule has 3 rings (SSSR count). The van der Waals surface area contributed by atoms with E-state index in [0.29, 0.717) is 19.7 Å². The van der Waals surface area contributed by atoms with Gasteiger partial charge < -0.3 is 15.0 Å². The molecule has 0 unspecified atom stereocenters. The van der Waals surface area contributed by atoms with Gasteiger partial charge in [0.25, 0.3) is 5.56 Å². The predicted molar refractivity (Wildman–Crippen MR) is 71.8 cm³/mol. The van der Waals surface area contributed by atoms with E-state index in [9.17, 15) is 4.79 Å². The highest BCUT2D eigenvalue weighted by molar-refractivity contribution is 5.23. The number of rotatable bonds is 3. The number of ether oxygens (including phenoxy) is 1. The lowest BCUT2D eigenvalue weighted by molar-refractivity contribution is -0.0769. The minimum absolute atomic E-state index is 0.00495. The molecule has 2 N–H and O–H groups in total. The fraction of sp³-hybridized carbons (Fsp3) is 0.714. The number of hydrogen-bond acceptors (Lipinski definition) is 4.